The van der Waals surface area contributed by atoms with Gasteiger partial charge in [0.2, 0.25) is 5.95 Å². The highest BCUT2D eigenvalue weighted by Gasteiger charge is 2.17. The van der Waals surface area contributed by atoms with Crippen LogP contribution in [0.25, 0.3) is 5.95 Å². The molecule has 2 aromatic heterocycles. The number of rotatable bonds is 6. The molecule has 0 atom stereocenters. The monoisotopic (exact) mass is 288 g/mol. The van der Waals surface area contributed by atoms with E-state index in [0.717, 1.165) is 6.54 Å². The van der Waals surface area contributed by atoms with Crippen molar-refractivity contribution in [2.24, 2.45) is 5.92 Å². The van der Waals surface area contributed by atoms with E-state index < -0.39 is 0 Å². The van der Waals surface area contributed by atoms with Gasteiger partial charge < -0.3 is 10.1 Å². The van der Waals surface area contributed by atoms with Gasteiger partial charge in [-0.3, -0.25) is 0 Å². The molecule has 7 nitrogen and oxygen atoms in total. The topological polar surface area (TPSA) is 77.8 Å². The number of ether oxygens (including phenoxy) is 1. The molecule has 0 amide bonds. The molecule has 1 saturated carbocycles. The Morgan fingerprint density at radius 2 is 2.14 bits per heavy atom. The normalized spacial score (nSPS) is 15.3. The van der Waals surface area contributed by atoms with Crippen molar-refractivity contribution < 1.29 is 4.74 Å². The zero-order valence-corrected chi connectivity index (χ0v) is 12.2. The largest absolute Gasteiger partial charge is 0.463 e. The van der Waals surface area contributed by atoms with Gasteiger partial charge in [-0.1, -0.05) is 12.8 Å². The van der Waals surface area contributed by atoms with Gasteiger partial charge in [0, 0.05) is 18.9 Å². The van der Waals surface area contributed by atoms with E-state index >= 15 is 0 Å². The number of nitrogens with one attached hydrogen (secondary N) is 1. The third-order valence-corrected chi connectivity index (χ3v) is 3.57. The molecule has 1 aliphatic carbocycles. The first kappa shape index (κ1) is 13.8. The molecule has 2 aromatic rings. The van der Waals surface area contributed by atoms with Crippen LogP contribution in [0.4, 0.5) is 5.95 Å². The second-order valence-corrected chi connectivity index (χ2v) is 5.18. The molecule has 21 heavy (non-hydrogen) atoms. The second kappa shape index (κ2) is 6.51. The van der Waals surface area contributed by atoms with Crippen LogP contribution in [0.1, 0.15) is 32.6 Å². The quantitative estimate of drug-likeness (QED) is 0.876. The lowest BCUT2D eigenvalue weighted by molar-refractivity contribution is 0.233. The number of hydrogen-bond acceptors (Lipinski definition) is 6. The maximum atomic E-state index is 5.77. The molecule has 1 N–H and O–H groups in total. The van der Waals surface area contributed by atoms with E-state index in [9.17, 15) is 0 Å². The molecular formula is C14H20N6O. The zero-order valence-electron chi connectivity index (χ0n) is 12.2. The Hall–Kier alpha value is -2.18. The minimum absolute atomic E-state index is 0.360. The summed E-state index contributed by atoms with van der Waals surface area (Å²) < 4.78 is 7.37. The Balaban J connectivity index is 1.77. The molecule has 0 unspecified atom stereocenters. The summed E-state index contributed by atoms with van der Waals surface area (Å²) in [5.41, 5.74) is 0. The van der Waals surface area contributed by atoms with Crippen LogP contribution >= 0.6 is 0 Å². The van der Waals surface area contributed by atoms with E-state index in [1.165, 1.54) is 25.7 Å². The van der Waals surface area contributed by atoms with Crippen molar-refractivity contribution in [3.05, 3.63) is 18.5 Å². The van der Waals surface area contributed by atoms with Crippen LogP contribution < -0.4 is 10.1 Å². The van der Waals surface area contributed by atoms with Gasteiger partial charge in [0.15, 0.2) is 0 Å². The van der Waals surface area contributed by atoms with Gasteiger partial charge in [0.05, 0.1) is 6.61 Å². The average molecular weight is 288 g/mol. The molecule has 0 radical (unpaired) electrons. The molecule has 3 rings (SSSR count). The van der Waals surface area contributed by atoms with Crippen LogP contribution in [0, 0.1) is 5.92 Å². The average Bonchev–Trinajstić information content (AvgIpc) is 3.19. The van der Waals surface area contributed by atoms with Gasteiger partial charge in [-0.05, 0) is 31.7 Å². The van der Waals surface area contributed by atoms with E-state index in [2.05, 4.69) is 25.4 Å². The molecule has 0 saturated heterocycles. The fourth-order valence-corrected chi connectivity index (χ4v) is 2.51. The predicted octanol–water partition coefficient (Wildman–Crippen LogP) is 2.06. The highest BCUT2D eigenvalue weighted by atomic mass is 16.5. The van der Waals surface area contributed by atoms with Crippen LogP contribution in [0.3, 0.4) is 0 Å². The van der Waals surface area contributed by atoms with Crippen molar-refractivity contribution in [2.45, 2.75) is 32.6 Å². The van der Waals surface area contributed by atoms with Gasteiger partial charge in [-0.2, -0.15) is 20.1 Å². The summed E-state index contributed by atoms with van der Waals surface area (Å²) in [4.78, 5) is 13.0. The van der Waals surface area contributed by atoms with Gasteiger partial charge in [0.1, 0.15) is 0 Å². The molecular weight excluding hydrogens is 268 g/mol. The summed E-state index contributed by atoms with van der Waals surface area (Å²) in [6.45, 7) is 3.41. The van der Waals surface area contributed by atoms with Crippen LogP contribution in [0.2, 0.25) is 0 Å². The minimum atomic E-state index is 0.360. The first-order valence-corrected chi connectivity index (χ1v) is 7.48. The highest BCUT2D eigenvalue weighted by molar-refractivity contribution is 5.29. The number of nitrogens with zero attached hydrogens (tertiary/aromatic N) is 5. The molecule has 7 heteroatoms. The van der Waals surface area contributed by atoms with Crippen molar-refractivity contribution in [1.82, 2.24) is 24.7 Å². The molecule has 0 spiro atoms. The molecule has 0 aromatic carbocycles. The fourth-order valence-electron chi connectivity index (χ4n) is 2.51. The Kier molecular flexibility index (Phi) is 4.28. The van der Waals surface area contributed by atoms with Crippen LogP contribution in [0.15, 0.2) is 18.5 Å². The molecule has 2 heterocycles. The Bertz CT molecular complexity index is 565. The zero-order chi connectivity index (χ0) is 14.5. The summed E-state index contributed by atoms with van der Waals surface area (Å²) in [6, 6.07) is 2.19. The fraction of sp³-hybridized carbons (Fsp3) is 0.571. The lowest BCUT2D eigenvalue weighted by atomic mass is 10.1. The van der Waals surface area contributed by atoms with Crippen LogP contribution in [0.5, 0.6) is 6.01 Å². The maximum absolute atomic E-state index is 5.77. The Morgan fingerprint density at radius 3 is 2.86 bits per heavy atom. The predicted molar refractivity (Wildman–Crippen MR) is 78.6 cm³/mol. The first-order valence-electron chi connectivity index (χ1n) is 7.48. The summed E-state index contributed by atoms with van der Waals surface area (Å²) in [6.07, 6.45) is 8.55. The van der Waals surface area contributed by atoms with Crippen molar-refractivity contribution in [3.8, 4) is 12.0 Å². The van der Waals surface area contributed by atoms with E-state index in [0.29, 0.717) is 30.4 Å². The maximum Gasteiger partial charge on any atom is 0.323 e. The molecule has 0 aliphatic heterocycles. The van der Waals surface area contributed by atoms with Crippen LogP contribution in [-0.4, -0.2) is 37.9 Å². The molecule has 112 valence electrons. The van der Waals surface area contributed by atoms with E-state index in [1.54, 1.807) is 17.1 Å². The smallest absolute Gasteiger partial charge is 0.323 e. The lowest BCUT2D eigenvalue weighted by Crippen LogP contribution is -2.14. The standard InChI is InChI=1S/C14H20N6O/c1-2-15-12-17-13(20-9-5-8-16-20)19-14(18-12)21-10-11-6-3-4-7-11/h5,8-9,11H,2-4,6-7,10H2,1H3,(H,15,17,18,19). The number of aromatic nitrogens is 5. The first-order chi connectivity index (χ1) is 10.3. The summed E-state index contributed by atoms with van der Waals surface area (Å²) >= 11 is 0. The summed E-state index contributed by atoms with van der Waals surface area (Å²) in [5.74, 6) is 1.60. The van der Waals surface area contributed by atoms with Crippen molar-refractivity contribution in [1.29, 1.82) is 0 Å². The van der Waals surface area contributed by atoms with Gasteiger partial charge in [-0.25, -0.2) is 4.68 Å². The molecule has 1 aliphatic rings. The van der Waals surface area contributed by atoms with E-state index in [1.807, 2.05) is 13.0 Å². The third-order valence-electron chi connectivity index (χ3n) is 3.57. The van der Waals surface area contributed by atoms with Crippen molar-refractivity contribution in [3.63, 3.8) is 0 Å². The van der Waals surface area contributed by atoms with Gasteiger partial charge in [0.25, 0.3) is 5.95 Å². The summed E-state index contributed by atoms with van der Waals surface area (Å²) in [7, 11) is 0. The summed E-state index contributed by atoms with van der Waals surface area (Å²) in [5, 5.41) is 7.24. The minimum Gasteiger partial charge on any atom is -0.463 e. The second-order valence-electron chi connectivity index (χ2n) is 5.18. The number of anilines is 1. The van der Waals surface area contributed by atoms with Crippen LogP contribution in [-0.2, 0) is 0 Å². The highest BCUT2D eigenvalue weighted by Crippen LogP contribution is 2.25. The third kappa shape index (κ3) is 3.48. The van der Waals surface area contributed by atoms with E-state index in [-0.39, 0.29) is 0 Å². The number of hydrogen-bond donors (Lipinski definition) is 1. The SMILES string of the molecule is CCNc1nc(OCC2CCCC2)nc(-n2cccn2)n1. The van der Waals surface area contributed by atoms with Gasteiger partial charge in [-0.15, -0.1) is 0 Å². The molecule has 1 fully saturated rings. The van der Waals surface area contributed by atoms with Gasteiger partial charge >= 0.3 is 6.01 Å². The molecule has 0 bridgehead atoms. The van der Waals surface area contributed by atoms with Crippen molar-refractivity contribution in [2.75, 3.05) is 18.5 Å². The Morgan fingerprint density at radius 1 is 1.29 bits per heavy atom. The Labute approximate surface area is 123 Å². The van der Waals surface area contributed by atoms with Crippen molar-refractivity contribution >= 4 is 5.95 Å². The van der Waals surface area contributed by atoms with E-state index in [4.69, 9.17) is 4.74 Å². The lowest BCUT2D eigenvalue weighted by Gasteiger charge is -2.11.